The number of nitrogens with one attached hydrogen (secondary N) is 1. The molecule has 0 saturated carbocycles. The van der Waals surface area contributed by atoms with E-state index in [1.807, 2.05) is 0 Å². The van der Waals surface area contributed by atoms with Crippen LogP contribution >= 0.6 is 0 Å². The molecular weight excluding hydrogens is 423 g/mol. The third-order valence-electron chi connectivity index (χ3n) is 6.28. The monoisotopic (exact) mass is 449 g/mol. The predicted octanol–water partition coefficient (Wildman–Crippen LogP) is 3.49. The first-order valence-electron chi connectivity index (χ1n) is 10.6. The second-order valence-electron chi connectivity index (χ2n) is 8.53. The van der Waals surface area contributed by atoms with E-state index in [4.69, 9.17) is 0 Å². The van der Waals surface area contributed by atoms with Gasteiger partial charge in [-0.15, -0.1) is 0 Å². The van der Waals surface area contributed by atoms with Crippen molar-refractivity contribution < 1.29 is 22.8 Å². The predicted molar refractivity (Wildman–Crippen MR) is 111 cm³/mol. The van der Waals surface area contributed by atoms with Gasteiger partial charge in [-0.2, -0.15) is 18.3 Å². The normalized spacial score (nSPS) is 17.3. The van der Waals surface area contributed by atoms with Crippen molar-refractivity contribution in [3.8, 4) is 0 Å². The number of fused-ring (bicyclic) bond motifs is 1. The number of rotatable bonds is 2. The summed E-state index contributed by atoms with van der Waals surface area (Å²) >= 11 is 0. The summed E-state index contributed by atoms with van der Waals surface area (Å²) in [5.41, 5.74) is 1.63. The zero-order valence-corrected chi connectivity index (χ0v) is 18.1. The number of likely N-dealkylation sites (tertiary alicyclic amines) is 1. The molecule has 0 bridgehead atoms. The first-order valence-corrected chi connectivity index (χ1v) is 10.6. The van der Waals surface area contributed by atoms with Crippen molar-refractivity contribution in [2.24, 2.45) is 0 Å². The van der Waals surface area contributed by atoms with E-state index in [9.17, 15) is 22.8 Å². The lowest BCUT2D eigenvalue weighted by atomic mass is 9.86. The van der Waals surface area contributed by atoms with Gasteiger partial charge in [0.25, 0.3) is 5.91 Å². The summed E-state index contributed by atoms with van der Waals surface area (Å²) in [5.74, 6) is -0.451. The molecule has 32 heavy (non-hydrogen) atoms. The van der Waals surface area contributed by atoms with Gasteiger partial charge in [-0.1, -0.05) is 18.2 Å². The fourth-order valence-corrected chi connectivity index (χ4v) is 4.60. The summed E-state index contributed by atoms with van der Waals surface area (Å²) < 4.78 is 40.1. The number of urea groups is 1. The third kappa shape index (κ3) is 4.18. The summed E-state index contributed by atoms with van der Waals surface area (Å²) in [6.07, 6.45) is -2.92. The quantitative estimate of drug-likeness (QED) is 0.763. The molecule has 2 aromatic rings. The van der Waals surface area contributed by atoms with Crippen LogP contribution in [0.1, 0.15) is 51.6 Å². The number of halogens is 3. The highest BCUT2D eigenvalue weighted by atomic mass is 19.4. The molecule has 2 aliphatic heterocycles. The Balaban J connectivity index is 1.43. The molecular formula is C22H26F3N5O2. The maximum absolute atomic E-state index is 13.4. The van der Waals surface area contributed by atoms with Gasteiger partial charge in [0.2, 0.25) is 0 Å². The van der Waals surface area contributed by atoms with Gasteiger partial charge < -0.3 is 14.7 Å². The lowest BCUT2D eigenvalue weighted by molar-refractivity contribution is -0.138. The van der Waals surface area contributed by atoms with Crippen LogP contribution in [0.2, 0.25) is 0 Å². The second kappa shape index (κ2) is 8.48. The highest BCUT2D eigenvalue weighted by molar-refractivity contribution is 5.94. The Bertz CT molecular complexity index is 1010. The average Bonchev–Trinajstić information content (AvgIpc) is 3.20. The smallest absolute Gasteiger partial charge is 0.337 e. The van der Waals surface area contributed by atoms with Crippen LogP contribution < -0.4 is 0 Å². The number of aromatic nitrogens is 2. The van der Waals surface area contributed by atoms with Crippen LogP contribution in [-0.4, -0.2) is 70.6 Å². The van der Waals surface area contributed by atoms with Gasteiger partial charge in [0.1, 0.15) is 0 Å². The Labute approximate surface area is 184 Å². The van der Waals surface area contributed by atoms with Crippen molar-refractivity contribution in [3.05, 3.63) is 52.3 Å². The van der Waals surface area contributed by atoms with Crippen molar-refractivity contribution in [2.45, 2.75) is 37.9 Å². The van der Waals surface area contributed by atoms with Crippen LogP contribution in [0.4, 0.5) is 18.0 Å². The molecule has 0 atom stereocenters. The first kappa shape index (κ1) is 22.2. The Morgan fingerprint density at radius 1 is 1.09 bits per heavy atom. The van der Waals surface area contributed by atoms with E-state index in [1.165, 1.54) is 17.0 Å². The van der Waals surface area contributed by atoms with Crippen LogP contribution in [0.15, 0.2) is 24.3 Å². The summed E-state index contributed by atoms with van der Waals surface area (Å²) in [6.45, 7) is 1.62. The average molecular weight is 449 g/mol. The Kier molecular flexibility index (Phi) is 5.87. The molecule has 0 spiro atoms. The van der Waals surface area contributed by atoms with Crippen molar-refractivity contribution in [3.63, 3.8) is 0 Å². The van der Waals surface area contributed by atoms with E-state index < -0.39 is 11.7 Å². The van der Waals surface area contributed by atoms with Gasteiger partial charge in [0.15, 0.2) is 5.69 Å². The summed E-state index contributed by atoms with van der Waals surface area (Å²) in [5, 5.41) is 7.11. The number of aromatic amines is 1. The van der Waals surface area contributed by atoms with Crippen molar-refractivity contribution in [2.75, 3.05) is 33.7 Å². The summed E-state index contributed by atoms with van der Waals surface area (Å²) in [4.78, 5) is 30.2. The van der Waals surface area contributed by atoms with Gasteiger partial charge in [0, 0.05) is 39.3 Å². The molecule has 0 radical (unpaired) electrons. The number of hydrogen-bond acceptors (Lipinski definition) is 3. The molecule has 1 saturated heterocycles. The van der Waals surface area contributed by atoms with E-state index in [0.717, 1.165) is 17.3 Å². The van der Waals surface area contributed by atoms with E-state index >= 15 is 0 Å². The number of nitrogens with zero attached hydrogens (tertiary/aromatic N) is 4. The number of hydrogen-bond donors (Lipinski definition) is 1. The van der Waals surface area contributed by atoms with Crippen LogP contribution in [0.5, 0.6) is 0 Å². The molecule has 1 aromatic heterocycles. The number of piperidine rings is 1. The number of amides is 3. The molecule has 1 aromatic carbocycles. The van der Waals surface area contributed by atoms with Crippen LogP contribution in [0.25, 0.3) is 0 Å². The Morgan fingerprint density at radius 2 is 1.78 bits per heavy atom. The molecule has 3 heterocycles. The van der Waals surface area contributed by atoms with E-state index in [1.54, 1.807) is 30.0 Å². The van der Waals surface area contributed by atoms with Crippen LogP contribution in [-0.2, 0) is 19.1 Å². The zero-order valence-electron chi connectivity index (χ0n) is 18.1. The Hall–Kier alpha value is -3.04. The Morgan fingerprint density at radius 3 is 2.44 bits per heavy atom. The van der Waals surface area contributed by atoms with Crippen LogP contribution in [0.3, 0.4) is 0 Å². The number of carbonyl (C=O) groups is 2. The zero-order chi connectivity index (χ0) is 23.0. The maximum Gasteiger partial charge on any atom is 0.416 e. The number of alkyl halides is 3. The minimum absolute atomic E-state index is 0.0978. The van der Waals surface area contributed by atoms with Gasteiger partial charge in [-0.25, -0.2) is 4.79 Å². The highest BCUT2D eigenvalue weighted by Gasteiger charge is 2.37. The maximum atomic E-state index is 13.4. The van der Waals surface area contributed by atoms with Crippen molar-refractivity contribution in [1.82, 2.24) is 24.9 Å². The minimum Gasteiger partial charge on any atom is -0.337 e. The van der Waals surface area contributed by atoms with Crippen molar-refractivity contribution >= 4 is 11.9 Å². The van der Waals surface area contributed by atoms with Crippen LogP contribution in [0, 0.1) is 0 Å². The van der Waals surface area contributed by atoms with E-state index in [0.29, 0.717) is 56.7 Å². The number of carbonyl (C=O) groups excluding carboxylic acids is 2. The van der Waals surface area contributed by atoms with Gasteiger partial charge in [-0.05, 0) is 36.8 Å². The standard InChI is InChI=1S/C22H26F3N5O2/c1-28(2)21(32)30-12-9-16-18(13-30)26-27-19(16)20(31)29-10-7-14(8-11-29)15-5-3-4-6-17(15)22(23,24)25/h3-6,14H,7-13H2,1-2H3,(H,26,27). The molecule has 1 fully saturated rings. The lowest BCUT2D eigenvalue weighted by Gasteiger charge is -2.33. The molecule has 2 aliphatic rings. The van der Waals surface area contributed by atoms with Gasteiger partial charge >= 0.3 is 12.2 Å². The first-order chi connectivity index (χ1) is 15.2. The molecule has 10 heteroatoms. The molecule has 4 rings (SSSR count). The van der Waals surface area contributed by atoms with E-state index in [2.05, 4.69) is 10.2 Å². The topological polar surface area (TPSA) is 72.5 Å². The van der Waals surface area contributed by atoms with E-state index in [-0.39, 0.29) is 17.9 Å². The fourth-order valence-electron chi connectivity index (χ4n) is 4.60. The summed E-state index contributed by atoms with van der Waals surface area (Å²) in [7, 11) is 3.38. The van der Waals surface area contributed by atoms with Gasteiger partial charge in [0.05, 0.1) is 17.8 Å². The molecule has 1 N–H and O–H groups in total. The second-order valence-corrected chi connectivity index (χ2v) is 8.53. The largest absolute Gasteiger partial charge is 0.416 e. The molecule has 7 nitrogen and oxygen atoms in total. The third-order valence-corrected chi connectivity index (χ3v) is 6.28. The lowest BCUT2D eigenvalue weighted by Crippen LogP contribution is -2.42. The number of benzene rings is 1. The minimum atomic E-state index is -4.39. The van der Waals surface area contributed by atoms with Crippen molar-refractivity contribution in [1.29, 1.82) is 0 Å². The fraction of sp³-hybridized carbons (Fsp3) is 0.500. The number of H-pyrrole nitrogens is 1. The molecule has 3 amide bonds. The summed E-state index contributed by atoms with van der Waals surface area (Å²) in [6, 6.07) is 5.59. The SMILES string of the molecule is CN(C)C(=O)N1CCc2c(C(=O)N3CCC(c4ccccc4C(F)(F)F)CC3)n[nH]c2C1. The van der Waals surface area contributed by atoms with Gasteiger partial charge in [-0.3, -0.25) is 9.89 Å². The molecule has 0 unspecified atom stereocenters. The molecule has 172 valence electrons. The highest BCUT2D eigenvalue weighted by Crippen LogP contribution is 2.38. The molecule has 0 aliphatic carbocycles.